The summed E-state index contributed by atoms with van der Waals surface area (Å²) >= 11 is 5.98. The van der Waals surface area contributed by atoms with Crippen LogP contribution in [0.2, 0.25) is 5.02 Å². The summed E-state index contributed by atoms with van der Waals surface area (Å²) in [5, 5.41) is 32.4. The summed E-state index contributed by atoms with van der Waals surface area (Å²) in [5.74, 6) is -5.07. The number of carboxylic acids is 1. The summed E-state index contributed by atoms with van der Waals surface area (Å²) in [6, 6.07) is 0.162. The van der Waals surface area contributed by atoms with E-state index in [1.807, 2.05) is 0 Å². The number of carbonyl (C=O) groups is 4. The molecule has 1 unspecified atom stereocenters. The minimum atomic E-state index is -3.43. The Hall–Kier alpha value is -3.39. The van der Waals surface area contributed by atoms with Crippen LogP contribution in [0.5, 0.6) is 11.5 Å². The van der Waals surface area contributed by atoms with E-state index in [0.717, 1.165) is 24.1 Å². The molecule has 2 aliphatic rings. The molecular weight excluding hydrogens is 532 g/mol. The normalized spacial score (nSPS) is 22.4. The zero-order valence-electron chi connectivity index (χ0n) is 20.0. The van der Waals surface area contributed by atoms with Gasteiger partial charge in [-0.2, -0.15) is 5.10 Å². The number of phenols is 2. The smallest absolute Gasteiger partial charge is 0.328 e. The fraction of sp³-hybridized carbons (Fsp3) is 0.500. The maximum Gasteiger partial charge on any atom is 0.328 e. The number of benzene rings is 1. The molecular formula is C22H27ClN4O9S. The van der Waals surface area contributed by atoms with E-state index in [2.05, 4.69) is 10.5 Å². The number of rotatable bonds is 8. The summed E-state index contributed by atoms with van der Waals surface area (Å²) in [5.41, 5.74) is 2.16. The molecule has 15 heteroatoms. The van der Waals surface area contributed by atoms with Gasteiger partial charge in [0, 0.05) is 31.8 Å². The summed E-state index contributed by atoms with van der Waals surface area (Å²) in [7, 11) is -3.43. The largest absolute Gasteiger partial charge is 0.504 e. The molecule has 2 heterocycles. The number of aromatic hydroxyl groups is 2. The number of carboxylic acid groups (broad SMARTS) is 1. The molecule has 1 aromatic rings. The molecule has 4 N–H and O–H groups in total. The van der Waals surface area contributed by atoms with E-state index in [1.54, 1.807) is 6.92 Å². The first-order chi connectivity index (χ1) is 17.3. The number of β-lactam (4-membered cyclic amide) rings is 1. The topological polar surface area (TPSA) is 194 Å². The number of phenolic OH excluding ortho intramolecular Hbond substituents is 2. The molecule has 202 valence electrons. The van der Waals surface area contributed by atoms with Gasteiger partial charge in [-0.25, -0.2) is 18.6 Å². The molecule has 13 nitrogen and oxygen atoms in total. The Balaban J connectivity index is 1.72. The molecule has 2 aliphatic heterocycles. The van der Waals surface area contributed by atoms with E-state index in [9.17, 15) is 42.9 Å². The lowest BCUT2D eigenvalue weighted by atomic mass is 9.92. The number of hydrogen-bond donors (Lipinski definition) is 5. The van der Waals surface area contributed by atoms with Crippen LogP contribution in [0.4, 0.5) is 0 Å². The van der Waals surface area contributed by atoms with Crippen molar-refractivity contribution in [2.24, 2.45) is 11.0 Å². The van der Waals surface area contributed by atoms with Crippen LogP contribution in [0.25, 0.3) is 0 Å². The van der Waals surface area contributed by atoms with Gasteiger partial charge in [0.25, 0.3) is 5.91 Å². The predicted molar refractivity (Wildman–Crippen MR) is 131 cm³/mol. The van der Waals surface area contributed by atoms with Crippen LogP contribution < -0.4 is 5.43 Å². The Kier molecular flexibility index (Phi) is 8.32. The number of halogens is 1. The van der Waals surface area contributed by atoms with E-state index >= 15 is 0 Å². The van der Waals surface area contributed by atoms with Crippen LogP contribution >= 0.6 is 11.6 Å². The minimum Gasteiger partial charge on any atom is -0.504 e. The second-order valence-electron chi connectivity index (χ2n) is 9.20. The van der Waals surface area contributed by atoms with Crippen molar-refractivity contribution in [1.29, 1.82) is 0 Å². The van der Waals surface area contributed by atoms with Crippen LogP contribution in [0, 0.1) is 5.92 Å². The Bertz CT molecular complexity index is 1230. The highest BCUT2D eigenvalue weighted by molar-refractivity contribution is 7.75. The lowest BCUT2D eigenvalue weighted by Crippen LogP contribution is -2.66. The maximum absolute atomic E-state index is 12.9. The molecule has 0 saturated carbocycles. The fourth-order valence-electron chi connectivity index (χ4n) is 4.44. The van der Waals surface area contributed by atoms with Gasteiger partial charge >= 0.3 is 5.97 Å². The van der Waals surface area contributed by atoms with E-state index in [0.29, 0.717) is 19.4 Å². The SMILES string of the molecule is C[C@@H]1CC(=O)N1[C@@H](C(=O)O)[C@](C)(/C=N/NC(=O)C1CCCN(C(=O)c2ccc(O)c(O)c2Cl)C1)[SH](=O)=O. The molecule has 4 atom stereocenters. The number of thiol groups is 1. The van der Waals surface area contributed by atoms with Crippen LogP contribution in [-0.4, -0.2) is 93.4 Å². The number of nitrogens with zero attached hydrogens (tertiary/aromatic N) is 3. The van der Waals surface area contributed by atoms with Crippen molar-refractivity contribution in [3.05, 3.63) is 22.7 Å². The number of hydrogen-bond acceptors (Lipinski definition) is 9. The molecule has 3 rings (SSSR count). The first kappa shape index (κ1) is 28.2. The van der Waals surface area contributed by atoms with Gasteiger partial charge in [-0.05, 0) is 38.8 Å². The number of amides is 3. The highest BCUT2D eigenvalue weighted by atomic mass is 35.5. The molecule has 0 spiro atoms. The number of likely N-dealkylation sites (tertiary alicyclic amines) is 2. The first-order valence-electron chi connectivity index (χ1n) is 11.3. The van der Waals surface area contributed by atoms with Gasteiger partial charge in [-0.1, -0.05) is 11.6 Å². The Morgan fingerprint density at radius 3 is 2.54 bits per heavy atom. The van der Waals surface area contributed by atoms with Gasteiger partial charge in [0.1, 0.15) is 4.75 Å². The third-order valence-corrected chi connectivity index (χ3v) is 8.13. The monoisotopic (exact) mass is 558 g/mol. The van der Waals surface area contributed by atoms with Crippen molar-refractivity contribution in [3.63, 3.8) is 0 Å². The second kappa shape index (κ2) is 10.9. The first-order valence-corrected chi connectivity index (χ1v) is 12.9. The predicted octanol–water partition coefficient (Wildman–Crippen LogP) is 0.150. The van der Waals surface area contributed by atoms with Crippen LogP contribution in [0.3, 0.4) is 0 Å². The van der Waals surface area contributed by atoms with Crippen molar-refractivity contribution in [2.75, 3.05) is 13.1 Å². The molecule has 0 aromatic heterocycles. The quantitative estimate of drug-likeness (QED) is 0.0970. The average Bonchev–Trinajstić information content (AvgIpc) is 2.85. The molecule has 0 aliphatic carbocycles. The van der Waals surface area contributed by atoms with Gasteiger partial charge < -0.3 is 25.1 Å². The van der Waals surface area contributed by atoms with Crippen molar-refractivity contribution >= 4 is 52.2 Å². The molecule has 37 heavy (non-hydrogen) atoms. The molecule has 1 aromatic carbocycles. The van der Waals surface area contributed by atoms with Crippen molar-refractivity contribution < 1.29 is 42.9 Å². The molecule has 0 bridgehead atoms. The van der Waals surface area contributed by atoms with Crippen LogP contribution in [0.15, 0.2) is 17.2 Å². The van der Waals surface area contributed by atoms with Gasteiger partial charge in [0.15, 0.2) is 28.2 Å². The second-order valence-corrected chi connectivity index (χ2v) is 11.1. The number of nitrogens with one attached hydrogen (secondary N) is 1. The van der Waals surface area contributed by atoms with E-state index in [4.69, 9.17) is 11.6 Å². The molecule has 2 fully saturated rings. The van der Waals surface area contributed by atoms with Gasteiger partial charge in [0.2, 0.25) is 11.8 Å². The number of carbonyl (C=O) groups excluding carboxylic acids is 3. The maximum atomic E-state index is 12.9. The molecule has 0 radical (unpaired) electrons. The Morgan fingerprint density at radius 2 is 1.97 bits per heavy atom. The molecule has 3 amide bonds. The fourth-order valence-corrected chi connectivity index (χ4v) is 5.27. The number of hydrazone groups is 1. The average molecular weight is 559 g/mol. The van der Waals surface area contributed by atoms with Crippen molar-refractivity contribution in [2.45, 2.75) is 49.9 Å². The van der Waals surface area contributed by atoms with E-state index < -0.39 is 68.6 Å². The van der Waals surface area contributed by atoms with Gasteiger partial charge in [0.05, 0.1) is 16.5 Å². The Morgan fingerprint density at radius 1 is 1.30 bits per heavy atom. The lowest BCUT2D eigenvalue weighted by molar-refractivity contribution is -0.161. The summed E-state index contributed by atoms with van der Waals surface area (Å²) < 4.78 is 22.0. The lowest BCUT2D eigenvalue weighted by Gasteiger charge is -2.45. The zero-order chi connectivity index (χ0) is 27.7. The standard InChI is InChI=1S/C22H27ClN4O9S/c1-11-8-15(29)27(11)18(21(33)34)22(2,37(35)36)10-24-25-19(31)12-4-3-7-26(9-12)20(32)13-5-6-14(28)17(30)16(13)23/h5-6,10-12,18,28,30,37H,3-4,7-9H2,1-2H3,(H,25,31)(H,33,34)/b24-10+/t11-,12?,18+,22+/m1/s1. The summed E-state index contributed by atoms with van der Waals surface area (Å²) in [4.78, 5) is 51.8. The van der Waals surface area contributed by atoms with E-state index in [-0.39, 0.29) is 23.6 Å². The van der Waals surface area contributed by atoms with Gasteiger partial charge in [-0.15, -0.1) is 0 Å². The number of piperidine rings is 1. The van der Waals surface area contributed by atoms with Crippen LogP contribution in [0.1, 0.15) is 43.5 Å². The van der Waals surface area contributed by atoms with Crippen molar-refractivity contribution in [3.8, 4) is 11.5 Å². The summed E-state index contributed by atoms with van der Waals surface area (Å²) in [6.07, 6.45) is 1.73. The highest BCUT2D eigenvalue weighted by Crippen LogP contribution is 2.36. The number of aliphatic carboxylic acids is 1. The third kappa shape index (κ3) is 5.49. The molecule has 2 saturated heterocycles. The van der Waals surface area contributed by atoms with Gasteiger partial charge in [-0.3, -0.25) is 14.4 Å². The van der Waals surface area contributed by atoms with Crippen molar-refractivity contribution in [1.82, 2.24) is 15.2 Å². The van der Waals surface area contributed by atoms with E-state index in [1.165, 1.54) is 11.0 Å². The zero-order valence-corrected chi connectivity index (χ0v) is 21.6. The highest BCUT2D eigenvalue weighted by Gasteiger charge is 2.52. The Labute approximate surface area is 218 Å². The minimum absolute atomic E-state index is 0.0250. The summed E-state index contributed by atoms with van der Waals surface area (Å²) in [6.45, 7) is 2.98. The van der Waals surface area contributed by atoms with Crippen LogP contribution in [-0.2, 0) is 25.1 Å². The third-order valence-electron chi connectivity index (χ3n) is 6.60.